The molecule has 1 aromatic heterocycles. The van der Waals surface area contributed by atoms with E-state index in [9.17, 15) is 9.59 Å². The molecule has 7 nitrogen and oxygen atoms in total. The van der Waals surface area contributed by atoms with Crippen LogP contribution in [0.2, 0.25) is 0 Å². The van der Waals surface area contributed by atoms with Gasteiger partial charge in [0.25, 0.3) is 5.91 Å². The van der Waals surface area contributed by atoms with Crippen molar-refractivity contribution in [2.24, 2.45) is 5.84 Å². The van der Waals surface area contributed by atoms with Crippen LogP contribution in [0.3, 0.4) is 0 Å². The Labute approximate surface area is 124 Å². The van der Waals surface area contributed by atoms with Gasteiger partial charge in [0.2, 0.25) is 5.91 Å². The standard InChI is InChI=1S/C14H23N5O2/c1-9-7-11(19-15)10(8-17-9)13(21)16-6-5-12(20)18-14(2,3)4/h7-8H,5-6,15H2,1-4H3,(H,16,21)(H,17,19)(H,18,20). The van der Waals surface area contributed by atoms with E-state index in [1.807, 2.05) is 20.8 Å². The van der Waals surface area contributed by atoms with Gasteiger partial charge in [0.1, 0.15) is 0 Å². The summed E-state index contributed by atoms with van der Waals surface area (Å²) in [6.07, 6.45) is 1.67. The van der Waals surface area contributed by atoms with E-state index in [0.29, 0.717) is 11.3 Å². The summed E-state index contributed by atoms with van der Waals surface area (Å²) < 4.78 is 0. The van der Waals surface area contributed by atoms with E-state index < -0.39 is 0 Å². The van der Waals surface area contributed by atoms with Crippen LogP contribution in [0.5, 0.6) is 0 Å². The number of carbonyl (C=O) groups is 2. The minimum Gasteiger partial charge on any atom is -0.351 e. The highest BCUT2D eigenvalue weighted by Crippen LogP contribution is 2.14. The van der Waals surface area contributed by atoms with Gasteiger partial charge in [-0.25, -0.2) is 0 Å². The van der Waals surface area contributed by atoms with E-state index >= 15 is 0 Å². The number of nitrogens with one attached hydrogen (secondary N) is 3. The van der Waals surface area contributed by atoms with Gasteiger partial charge in [0.05, 0.1) is 11.3 Å². The van der Waals surface area contributed by atoms with Gasteiger partial charge in [-0.1, -0.05) is 0 Å². The van der Waals surface area contributed by atoms with Crippen LogP contribution in [0.4, 0.5) is 5.69 Å². The Kier molecular flexibility index (Phi) is 5.66. The van der Waals surface area contributed by atoms with Crippen molar-refractivity contribution in [3.05, 3.63) is 23.5 Å². The summed E-state index contributed by atoms with van der Waals surface area (Å²) in [7, 11) is 0. The Hall–Kier alpha value is -2.15. The van der Waals surface area contributed by atoms with Gasteiger partial charge in [0, 0.05) is 30.4 Å². The predicted octanol–water partition coefficient (Wildman–Crippen LogP) is 0.710. The number of carbonyl (C=O) groups excluding carboxylic acids is 2. The number of hydrogen-bond donors (Lipinski definition) is 4. The van der Waals surface area contributed by atoms with Gasteiger partial charge >= 0.3 is 0 Å². The second kappa shape index (κ2) is 7.03. The number of hydrazine groups is 1. The van der Waals surface area contributed by atoms with Crippen LogP contribution in [0.15, 0.2) is 12.3 Å². The van der Waals surface area contributed by atoms with Crippen molar-refractivity contribution in [1.29, 1.82) is 0 Å². The molecular formula is C14H23N5O2. The van der Waals surface area contributed by atoms with Crippen LogP contribution < -0.4 is 21.9 Å². The number of nitrogens with two attached hydrogens (primary N) is 1. The Morgan fingerprint density at radius 1 is 1.33 bits per heavy atom. The Morgan fingerprint density at radius 2 is 2.00 bits per heavy atom. The summed E-state index contributed by atoms with van der Waals surface area (Å²) in [5.74, 6) is 4.95. The van der Waals surface area contributed by atoms with Crippen molar-refractivity contribution >= 4 is 17.5 Å². The first-order valence-corrected chi connectivity index (χ1v) is 6.75. The minimum absolute atomic E-state index is 0.109. The third-order valence-electron chi connectivity index (χ3n) is 2.59. The summed E-state index contributed by atoms with van der Waals surface area (Å²) >= 11 is 0. The zero-order valence-corrected chi connectivity index (χ0v) is 12.9. The summed E-state index contributed by atoms with van der Waals surface area (Å²) in [5.41, 5.74) is 3.79. The fourth-order valence-corrected chi connectivity index (χ4v) is 1.73. The van der Waals surface area contributed by atoms with Crippen molar-refractivity contribution < 1.29 is 9.59 Å². The second-order valence-electron chi connectivity index (χ2n) is 5.82. The summed E-state index contributed by atoms with van der Waals surface area (Å²) in [6.45, 7) is 7.76. The summed E-state index contributed by atoms with van der Waals surface area (Å²) in [4.78, 5) is 27.7. The number of rotatable bonds is 5. The molecule has 0 saturated carbocycles. The molecule has 1 rings (SSSR count). The van der Waals surface area contributed by atoms with Gasteiger partial charge in [0.15, 0.2) is 0 Å². The van der Waals surface area contributed by atoms with Crippen LogP contribution in [0.25, 0.3) is 0 Å². The highest BCUT2D eigenvalue weighted by Gasteiger charge is 2.15. The maximum Gasteiger partial charge on any atom is 0.255 e. The lowest BCUT2D eigenvalue weighted by Gasteiger charge is -2.20. The molecule has 7 heteroatoms. The molecule has 0 bridgehead atoms. The molecular weight excluding hydrogens is 270 g/mol. The van der Waals surface area contributed by atoms with Gasteiger partial charge in [-0.2, -0.15) is 0 Å². The zero-order valence-electron chi connectivity index (χ0n) is 12.9. The third-order valence-corrected chi connectivity index (χ3v) is 2.59. The maximum atomic E-state index is 12.0. The van der Waals surface area contributed by atoms with E-state index in [4.69, 9.17) is 5.84 Å². The quantitative estimate of drug-likeness (QED) is 0.472. The molecule has 0 saturated heterocycles. The molecule has 21 heavy (non-hydrogen) atoms. The van der Waals surface area contributed by atoms with Gasteiger partial charge in [-0.3, -0.25) is 20.4 Å². The molecule has 0 aromatic carbocycles. The number of aryl methyl sites for hydroxylation is 1. The number of aromatic nitrogens is 1. The molecule has 0 atom stereocenters. The van der Waals surface area contributed by atoms with Gasteiger partial charge in [-0.15, -0.1) is 0 Å². The van der Waals surface area contributed by atoms with Crippen molar-refractivity contribution in [1.82, 2.24) is 15.6 Å². The van der Waals surface area contributed by atoms with Crippen molar-refractivity contribution in [2.75, 3.05) is 12.0 Å². The molecule has 1 aromatic rings. The monoisotopic (exact) mass is 293 g/mol. The van der Waals surface area contributed by atoms with Gasteiger partial charge < -0.3 is 16.1 Å². The fraction of sp³-hybridized carbons (Fsp3) is 0.500. The molecule has 5 N–H and O–H groups in total. The number of amides is 2. The smallest absolute Gasteiger partial charge is 0.255 e. The average molecular weight is 293 g/mol. The number of pyridine rings is 1. The van der Waals surface area contributed by atoms with Crippen LogP contribution in [-0.4, -0.2) is 28.9 Å². The topological polar surface area (TPSA) is 109 Å². The van der Waals surface area contributed by atoms with Crippen LogP contribution in [-0.2, 0) is 4.79 Å². The molecule has 1 heterocycles. The number of hydrogen-bond acceptors (Lipinski definition) is 5. The Bertz CT molecular complexity index is 523. The summed E-state index contributed by atoms with van der Waals surface area (Å²) in [6, 6.07) is 1.68. The maximum absolute atomic E-state index is 12.0. The van der Waals surface area contributed by atoms with Crippen LogP contribution in [0, 0.1) is 6.92 Å². The molecule has 2 amide bonds. The molecule has 0 aliphatic heterocycles. The lowest BCUT2D eigenvalue weighted by atomic mass is 10.1. The minimum atomic E-state index is -0.320. The second-order valence-corrected chi connectivity index (χ2v) is 5.82. The first-order valence-electron chi connectivity index (χ1n) is 6.75. The average Bonchev–Trinajstić information content (AvgIpc) is 2.36. The lowest BCUT2D eigenvalue weighted by Crippen LogP contribution is -2.42. The Balaban J connectivity index is 2.53. The lowest BCUT2D eigenvalue weighted by molar-refractivity contribution is -0.122. The van der Waals surface area contributed by atoms with E-state index in [1.165, 1.54) is 6.20 Å². The van der Waals surface area contributed by atoms with Crippen molar-refractivity contribution in [3.8, 4) is 0 Å². The summed E-state index contributed by atoms with van der Waals surface area (Å²) in [5, 5.41) is 5.50. The normalized spacial score (nSPS) is 10.9. The van der Waals surface area contributed by atoms with E-state index in [1.54, 1.807) is 13.0 Å². The van der Waals surface area contributed by atoms with Crippen molar-refractivity contribution in [3.63, 3.8) is 0 Å². The highest BCUT2D eigenvalue weighted by atomic mass is 16.2. The van der Waals surface area contributed by atoms with Gasteiger partial charge in [-0.05, 0) is 33.8 Å². The molecule has 0 fully saturated rings. The molecule has 0 aliphatic rings. The predicted molar refractivity (Wildman–Crippen MR) is 81.6 cm³/mol. The molecule has 0 radical (unpaired) electrons. The Morgan fingerprint density at radius 3 is 2.57 bits per heavy atom. The first kappa shape index (κ1) is 16.9. The highest BCUT2D eigenvalue weighted by molar-refractivity contribution is 5.99. The molecule has 0 spiro atoms. The number of nitrogens with zero attached hydrogens (tertiary/aromatic N) is 1. The van der Waals surface area contributed by atoms with E-state index in [2.05, 4.69) is 21.0 Å². The molecule has 0 aliphatic carbocycles. The van der Waals surface area contributed by atoms with E-state index in [0.717, 1.165) is 5.69 Å². The number of nitrogen functional groups attached to an aromatic ring is 1. The SMILES string of the molecule is Cc1cc(NN)c(C(=O)NCCC(=O)NC(C)(C)C)cn1. The molecule has 116 valence electrons. The fourth-order valence-electron chi connectivity index (χ4n) is 1.73. The van der Waals surface area contributed by atoms with Crippen molar-refractivity contribution in [2.45, 2.75) is 39.7 Å². The molecule has 0 unspecified atom stereocenters. The first-order chi connectivity index (χ1) is 9.73. The van der Waals surface area contributed by atoms with Crippen LogP contribution in [0.1, 0.15) is 43.2 Å². The number of anilines is 1. The van der Waals surface area contributed by atoms with Crippen LogP contribution >= 0.6 is 0 Å². The zero-order chi connectivity index (χ0) is 16.0. The third kappa shape index (κ3) is 5.78. The largest absolute Gasteiger partial charge is 0.351 e. The van der Waals surface area contributed by atoms with E-state index in [-0.39, 0.29) is 30.3 Å².